The molecule has 1 aliphatic heterocycles. The van der Waals surface area contributed by atoms with Crippen LogP contribution in [0.1, 0.15) is 21.1 Å². The molecule has 1 aliphatic rings. The summed E-state index contributed by atoms with van der Waals surface area (Å²) >= 11 is 1.74. The number of para-hydroxylation sites is 2. The molecule has 32 heavy (non-hydrogen) atoms. The smallest absolute Gasteiger partial charge is 0.294 e. The molecule has 2 aromatic heterocycles. The van der Waals surface area contributed by atoms with Crippen LogP contribution in [0.5, 0.6) is 0 Å². The lowest BCUT2D eigenvalue weighted by molar-refractivity contribution is -0.384. The van der Waals surface area contributed by atoms with Crippen molar-refractivity contribution in [3.05, 3.63) is 84.4 Å². The number of piperazine rings is 1. The number of thiophene rings is 1. The van der Waals surface area contributed by atoms with E-state index in [2.05, 4.69) is 21.4 Å². The standard InChI is InChI=1S/C22H23N5O4S/c1-16-15-20(28)21(23-26(16)18-6-2-3-7-19(18)27(30)31)22(29)25-12-10-24(11-13-25)9-8-17-5-4-14-32-17/h2-7,14-15H,8-13H2,1H3. The number of nitrogens with zero attached hydrogens (tertiary/aromatic N) is 5. The fraction of sp³-hybridized carbons (Fsp3) is 0.318. The maximum Gasteiger partial charge on any atom is 0.294 e. The van der Waals surface area contributed by atoms with E-state index < -0.39 is 16.3 Å². The summed E-state index contributed by atoms with van der Waals surface area (Å²) in [4.78, 5) is 41.8. The third-order valence-electron chi connectivity index (χ3n) is 5.53. The molecule has 1 amide bonds. The quantitative estimate of drug-likeness (QED) is 0.420. The van der Waals surface area contributed by atoms with Gasteiger partial charge >= 0.3 is 0 Å². The maximum atomic E-state index is 13.1. The number of carbonyl (C=O) groups is 1. The van der Waals surface area contributed by atoms with Crippen molar-refractivity contribution in [2.45, 2.75) is 13.3 Å². The van der Waals surface area contributed by atoms with Crippen molar-refractivity contribution in [2.24, 2.45) is 0 Å². The third-order valence-corrected chi connectivity index (χ3v) is 6.47. The molecule has 9 nitrogen and oxygen atoms in total. The monoisotopic (exact) mass is 453 g/mol. The van der Waals surface area contributed by atoms with Gasteiger partial charge in [-0.15, -0.1) is 11.3 Å². The maximum absolute atomic E-state index is 13.1. The number of nitro groups is 1. The molecule has 1 aromatic carbocycles. The molecule has 0 atom stereocenters. The van der Waals surface area contributed by atoms with Crippen LogP contribution in [0.4, 0.5) is 5.69 Å². The molecule has 0 aliphatic carbocycles. The van der Waals surface area contributed by atoms with Gasteiger partial charge in [0.15, 0.2) is 5.69 Å². The molecule has 0 N–H and O–H groups in total. The SMILES string of the molecule is Cc1cc(=O)c(C(=O)N2CCN(CCc3cccs3)CC2)nn1-c1ccccc1[N+](=O)[O-]. The molecule has 1 fully saturated rings. The van der Waals surface area contributed by atoms with E-state index in [0.29, 0.717) is 18.8 Å². The molecule has 0 unspecified atom stereocenters. The highest BCUT2D eigenvalue weighted by atomic mass is 32.1. The number of aryl methyl sites for hydroxylation is 1. The zero-order chi connectivity index (χ0) is 22.7. The number of amides is 1. The number of hydrogen-bond donors (Lipinski definition) is 0. The lowest BCUT2D eigenvalue weighted by Gasteiger charge is -2.34. The van der Waals surface area contributed by atoms with E-state index in [9.17, 15) is 19.7 Å². The van der Waals surface area contributed by atoms with Gasteiger partial charge in [-0.3, -0.25) is 24.6 Å². The van der Waals surface area contributed by atoms with Crippen LogP contribution in [-0.2, 0) is 6.42 Å². The Morgan fingerprint density at radius 3 is 2.59 bits per heavy atom. The summed E-state index contributed by atoms with van der Waals surface area (Å²) in [6, 6.07) is 11.6. The summed E-state index contributed by atoms with van der Waals surface area (Å²) in [6.45, 7) is 5.01. The zero-order valence-corrected chi connectivity index (χ0v) is 18.5. The summed E-state index contributed by atoms with van der Waals surface area (Å²) in [5.74, 6) is -0.444. The van der Waals surface area contributed by atoms with Gasteiger partial charge in [0.25, 0.3) is 11.6 Å². The lowest BCUT2D eigenvalue weighted by Crippen LogP contribution is -2.50. The van der Waals surface area contributed by atoms with Crippen LogP contribution in [0, 0.1) is 17.0 Å². The Morgan fingerprint density at radius 1 is 1.16 bits per heavy atom. The molecule has 4 rings (SSSR count). The molecular formula is C22H23N5O4S. The van der Waals surface area contributed by atoms with Gasteiger partial charge in [0.1, 0.15) is 5.69 Å². The molecule has 166 valence electrons. The van der Waals surface area contributed by atoms with E-state index in [0.717, 1.165) is 26.1 Å². The molecule has 0 bridgehead atoms. The number of carbonyl (C=O) groups excluding carboxylic acids is 1. The lowest BCUT2D eigenvalue weighted by atomic mass is 10.2. The molecule has 0 radical (unpaired) electrons. The second kappa shape index (κ2) is 9.41. The second-order valence-electron chi connectivity index (χ2n) is 7.62. The van der Waals surface area contributed by atoms with Crippen molar-refractivity contribution >= 4 is 22.9 Å². The number of aromatic nitrogens is 2. The van der Waals surface area contributed by atoms with Gasteiger partial charge in [0, 0.05) is 55.4 Å². The van der Waals surface area contributed by atoms with Crippen molar-refractivity contribution in [1.29, 1.82) is 0 Å². The van der Waals surface area contributed by atoms with Crippen LogP contribution >= 0.6 is 11.3 Å². The zero-order valence-electron chi connectivity index (χ0n) is 17.6. The summed E-state index contributed by atoms with van der Waals surface area (Å²) < 4.78 is 1.30. The van der Waals surface area contributed by atoms with Crippen molar-refractivity contribution < 1.29 is 9.72 Å². The summed E-state index contributed by atoms with van der Waals surface area (Å²) in [5, 5.41) is 17.7. The summed E-state index contributed by atoms with van der Waals surface area (Å²) in [7, 11) is 0. The van der Waals surface area contributed by atoms with Crippen molar-refractivity contribution in [3.63, 3.8) is 0 Å². The number of rotatable bonds is 6. The van der Waals surface area contributed by atoms with Gasteiger partial charge in [-0.2, -0.15) is 5.10 Å². The normalized spacial score (nSPS) is 14.5. The minimum atomic E-state index is -0.508. The average Bonchev–Trinajstić information content (AvgIpc) is 3.31. The molecule has 3 heterocycles. The average molecular weight is 454 g/mol. The number of benzene rings is 1. The minimum Gasteiger partial charge on any atom is -0.335 e. The summed E-state index contributed by atoms with van der Waals surface area (Å²) in [5.41, 5.74) is -0.227. The van der Waals surface area contributed by atoms with E-state index in [1.807, 2.05) is 6.07 Å². The van der Waals surface area contributed by atoms with Crippen LogP contribution in [0.3, 0.4) is 0 Å². The minimum absolute atomic E-state index is 0.149. The van der Waals surface area contributed by atoms with Gasteiger partial charge in [0.05, 0.1) is 4.92 Å². The van der Waals surface area contributed by atoms with Gasteiger partial charge in [-0.25, -0.2) is 4.68 Å². The Hall–Kier alpha value is -3.37. The Kier molecular flexibility index (Phi) is 6.42. The van der Waals surface area contributed by atoms with Crippen LogP contribution in [-0.4, -0.2) is 63.1 Å². The van der Waals surface area contributed by atoms with Gasteiger partial charge in [0.2, 0.25) is 5.43 Å². The van der Waals surface area contributed by atoms with E-state index in [1.54, 1.807) is 41.4 Å². The highest BCUT2D eigenvalue weighted by Gasteiger charge is 2.26. The predicted molar refractivity (Wildman–Crippen MR) is 122 cm³/mol. The van der Waals surface area contributed by atoms with Crippen molar-refractivity contribution in [2.75, 3.05) is 32.7 Å². The topological polar surface area (TPSA) is 102 Å². The first kappa shape index (κ1) is 21.8. The van der Waals surface area contributed by atoms with Crippen LogP contribution in [0.15, 0.2) is 52.6 Å². The first-order valence-corrected chi connectivity index (χ1v) is 11.2. The molecule has 0 spiro atoms. The Balaban J connectivity index is 1.50. The fourth-order valence-corrected chi connectivity index (χ4v) is 4.48. The van der Waals surface area contributed by atoms with E-state index in [1.165, 1.54) is 21.7 Å². The van der Waals surface area contributed by atoms with Crippen LogP contribution in [0.2, 0.25) is 0 Å². The van der Waals surface area contributed by atoms with E-state index >= 15 is 0 Å². The largest absolute Gasteiger partial charge is 0.335 e. The predicted octanol–water partition coefficient (Wildman–Crippen LogP) is 2.51. The molecule has 0 saturated carbocycles. The molecular weight excluding hydrogens is 430 g/mol. The van der Waals surface area contributed by atoms with E-state index in [-0.39, 0.29) is 17.1 Å². The third kappa shape index (κ3) is 4.61. The first-order valence-electron chi connectivity index (χ1n) is 10.3. The molecule has 10 heteroatoms. The molecule has 3 aromatic rings. The van der Waals surface area contributed by atoms with Crippen molar-refractivity contribution in [3.8, 4) is 5.69 Å². The Labute approximate surface area is 188 Å². The number of nitro benzene ring substituents is 1. The van der Waals surface area contributed by atoms with Crippen LogP contribution < -0.4 is 5.43 Å². The highest BCUT2D eigenvalue weighted by Crippen LogP contribution is 2.22. The summed E-state index contributed by atoms with van der Waals surface area (Å²) in [6.07, 6.45) is 0.978. The fourth-order valence-electron chi connectivity index (χ4n) is 3.78. The Bertz CT molecular complexity index is 1180. The van der Waals surface area contributed by atoms with Gasteiger partial charge in [-0.1, -0.05) is 18.2 Å². The number of hydrogen-bond acceptors (Lipinski definition) is 7. The highest BCUT2D eigenvalue weighted by molar-refractivity contribution is 7.09. The Morgan fingerprint density at radius 2 is 1.91 bits per heavy atom. The van der Waals surface area contributed by atoms with Gasteiger partial charge < -0.3 is 4.90 Å². The van der Waals surface area contributed by atoms with Crippen LogP contribution in [0.25, 0.3) is 5.69 Å². The van der Waals surface area contributed by atoms with Gasteiger partial charge in [-0.05, 0) is 30.9 Å². The second-order valence-corrected chi connectivity index (χ2v) is 8.65. The molecule has 1 saturated heterocycles. The first-order chi connectivity index (χ1) is 15.4. The van der Waals surface area contributed by atoms with E-state index in [4.69, 9.17) is 0 Å². The van der Waals surface area contributed by atoms with Crippen molar-refractivity contribution in [1.82, 2.24) is 19.6 Å².